The molecule has 1 saturated heterocycles. The van der Waals surface area contributed by atoms with Gasteiger partial charge in [0.1, 0.15) is 6.04 Å². The summed E-state index contributed by atoms with van der Waals surface area (Å²) in [5, 5.41) is 11.9. The number of rotatable bonds is 5. The second-order valence-corrected chi connectivity index (χ2v) is 5.62. The number of urea groups is 1. The number of hydrogen-bond donors (Lipinski definition) is 2. The number of nitrogens with zero attached hydrogens (tertiary/aromatic N) is 2. The molecule has 0 aromatic heterocycles. The minimum Gasteiger partial charge on any atom is -0.480 e. The Hall–Kier alpha value is -1.79. The molecule has 3 amide bonds. The highest BCUT2D eigenvalue weighted by Gasteiger charge is 2.35. The Morgan fingerprint density at radius 2 is 2.00 bits per heavy atom. The van der Waals surface area contributed by atoms with Gasteiger partial charge in [-0.15, -0.1) is 0 Å². The van der Waals surface area contributed by atoms with Crippen LogP contribution in [0.25, 0.3) is 0 Å². The van der Waals surface area contributed by atoms with Crippen molar-refractivity contribution in [2.24, 2.45) is 5.92 Å². The zero-order chi connectivity index (χ0) is 16.0. The Bertz CT molecular complexity index is 398. The van der Waals surface area contributed by atoms with E-state index in [0.29, 0.717) is 18.9 Å². The number of carbonyl (C=O) groups is 3. The van der Waals surface area contributed by atoms with Crippen LogP contribution in [0.1, 0.15) is 32.6 Å². The van der Waals surface area contributed by atoms with Crippen molar-refractivity contribution >= 4 is 17.9 Å². The third-order valence-corrected chi connectivity index (χ3v) is 3.95. The lowest BCUT2D eigenvalue weighted by Gasteiger charge is -2.36. The van der Waals surface area contributed by atoms with Crippen molar-refractivity contribution in [2.45, 2.75) is 38.6 Å². The molecule has 21 heavy (non-hydrogen) atoms. The van der Waals surface area contributed by atoms with Gasteiger partial charge in [-0.05, 0) is 18.8 Å². The summed E-state index contributed by atoms with van der Waals surface area (Å²) in [7, 11) is 3.31. The second-order valence-electron chi connectivity index (χ2n) is 5.62. The fraction of sp³-hybridized carbons (Fsp3) is 0.786. The number of likely N-dealkylation sites (tertiary alicyclic amines) is 1. The molecule has 1 aliphatic heterocycles. The molecule has 0 bridgehead atoms. The summed E-state index contributed by atoms with van der Waals surface area (Å²) in [4.78, 5) is 37.7. The predicted molar refractivity (Wildman–Crippen MR) is 77.9 cm³/mol. The maximum atomic E-state index is 12.1. The van der Waals surface area contributed by atoms with E-state index in [9.17, 15) is 19.5 Å². The first-order valence-corrected chi connectivity index (χ1v) is 7.34. The van der Waals surface area contributed by atoms with Gasteiger partial charge in [0.2, 0.25) is 5.91 Å². The van der Waals surface area contributed by atoms with Gasteiger partial charge in [0.15, 0.2) is 0 Å². The lowest BCUT2D eigenvalue weighted by molar-refractivity contribution is -0.144. The van der Waals surface area contributed by atoms with Crippen LogP contribution in [0.2, 0.25) is 0 Å². The molecule has 1 fully saturated rings. The van der Waals surface area contributed by atoms with Crippen LogP contribution in [0.15, 0.2) is 0 Å². The van der Waals surface area contributed by atoms with E-state index in [1.807, 2.05) is 6.92 Å². The fourth-order valence-corrected chi connectivity index (χ4v) is 2.49. The average Bonchev–Trinajstić information content (AvgIpc) is 2.45. The molecule has 2 N–H and O–H groups in total. The summed E-state index contributed by atoms with van der Waals surface area (Å²) in [6, 6.07) is -1.17. The maximum absolute atomic E-state index is 12.1. The lowest BCUT2D eigenvalue weighted by Crippen LogP contribution is -2.53. The average molecular weight is 299 g/mol. The highest BCUT2D eigenvalue weighted by molar-refractivity contribution is 5.83. The number of hydrogen-bond acceptors (Lipinski definition) is 3. The van der Waals surface area contributed by atoms with Crippen LogP contribution in [0.4, 0.5) is 4.79 Å². The summed E-state index contributed by atoms with van der Waals surface area (Å²) in [6.45, 7) is 2.70. The molecule has 0 aromatic rings. The molecule has 1 aliphatic rings. The SMILES string of the molecule is CCC1CCN(C(=O)NCCC(=O)N(C)C)C(C(=O)O)C1. The molecule has 0 aromatic carbocycles. The van der Waals surface area contributed by atoms with Crippen molar-refractivity contribution < 1.29 is 19.5 Å². The molecular formula is C14H25N3O4. The van der Waals surface area contributed by atoms with Gasteiger partial charge in [0.25, 0.3) is 0 Å². The van der Waals surface area contributed by atoms with Gasteiger partial charge in [-0.1, -0.05) is 13.3 Å². The van der Waals surface area contributed by atoms with E-state index in [1.165, 1.54) is 9.80 Å². The zero-order valence-corrected chi connectivity index (χ0v) is 13.0. The van der Waals surface area contributed by atoms with Crippen LogP contribution in [0.5, 0.6) is 0 Å². The second kappa shape index (κ2) is 7.85. The number of amides is 3. The number of carbonyl (C=O) groups excluding carboxylic acids is 2. The molecule has 0 spiro atoms. The number of carboxylic acid groups (broad SMARTS) is 1. The van der Waals surface area contributed by atoms with Gasteiger partial charge in [0.05, 0.1) is 0 Å². The summed E-state index contributed by atoms with van der Waals surface area (Å²) in [5.74, 6) is -0.687. The molecule has 0 radical (unpaired) electrons. The highest BCUT2D eigenvalue weighted by atomic mass is 16.4. The molecule has 0 saturated carbocycles. The maximum Gasteiger partial charge on any atom is 0.326 e. The van der Waals surface area contributed by atoms with Crippen LogP contribution >= 0.6 is 0 Å². The van der Waals surface area contributed by atoms with E-state index >= 15 is 0 Å². The van der Waals surface area contributed by atoms with Crippen LogP contribution < -0.4 is 5.32 Å². The van der Waals surface area contributed by atoms with Crippen LogP contribution in [0, 0.1) is 5.92 Å². The van der Waals surface area contributed by atoms with Crippen molar-refractivity contribution in [3.8, 4) is 0 Å². The normalized spacial score (nSPS) is 21.8. The minimum absolute atomic E-state index is 0.0743. The first-order chi connectivity index (χ1) is 9.86. The van der Waals surface area contributed by atoms with E-state index in [2.05, 4.69) is 5.32 Å². The third-order valence-electron chi connectivity index (χ3n) is 3.95. The fourth-order valence-electron chi connectivity index (χ4n) is 2.49. The number of carboxylic acids is 1. The van der Waals surface area contributed by atoms with Crippen LogP contribution in [-0.2, 0) is 9.59 Å². The molecule has 0 aliphatic carbocycles. The Balaban J connectivity index is 2.51. The highest BCUT2D eigenvalue weighted by Crippen LogP contribution is 2.25. The summed E-state index contributed by atoms with van der Waals surface area (Å²) >= 11 is 0. The van der Waals surface area contributed by atoms with E-state index in [-0.39, 0.29) is 18.9 Å². The minimum atomic E-state index is -0.965. The van der Waals surface area contributed by atoms with Gasteiger partial charge in [-0.3, -0.25) is 4.79 Å². The Kier molecular flexibility index (Phi) is 6.45. The van der Waals surface area contributed by atoms with Crippen molar-refractivity contribution in [3.05, 3.63) is 0 Å². The topological polar surface area (TPSA) is 90.0 Å². The first kappa shape index (κ1) is 17.3. The Morgan fingerprint density at radius 1 is 1.33 bits per heavy atom. The summed E-state index contributed by atoms with van der Waals surface area (Å²) in [6.07, 6.45) is 2.46. The van der Waals surface area contributed by atoms with Gasteiger partial charge in [0, 0.05) is 33.6 Å². The smallest absolute Gasteiger partial charge is 0.326 e. The van der Waals surface area contributed by atoms with Gasteiger partial charge in [-0.25, -0.2) is 9.59 Å². The van der Waals surface area contributed by atoms with Crippen molar-refractivity contribution in [1.82, 2.24) is 15.1 Å². The van der Waals surface area contributed by atoms with Gasteiger partial charge in [-0.2, -0.15) is 0 Å². The van der Waals surface area contributed by atoms with E-state index < -0.39 is 18.0 Å². The predicted octanol–water partition coefficient (Wildman–Crippen LogP) is 0.750. The van der Waals surface area contributed by atoms with Gasteiger partial charge >= 0.3 is 12.0 Å². The van der Waals surface area contributed by atoms with Crippen LogP contribution in [0.3, 0.4) is 0 Å². The largest absolute Gasteiger partial charge is 0.480 e. The molecule has 1 rings (SSSR count). The standard InChI is InChI=1S/C14H25N3O4/c1-4-10-6-8-17(11(9-10)13(19)20)14(21)15-7-5-12(18)16(2)3/h10-11H,4-9H2,1-3H3,(H,15,21)(H,19,20). The molecule has 7 heteroatoms. The number of nitrogens with one attached hydrogen (secondary N) is 1. The van der Waals surface area contributed by atoms with Crippen molar-refractivity contribution in [3.63, 3.8) is 0 Å². The number of piperidine rings is 1. The third kappa shape index (κ3) is 4.91. The summed E-state index contributed by atoms with van der Waals surface area (Å²) in [5.41, 5.74) is 0. The molecule has 2 atom stereocenters. The number of aliphatic carboxylic acids is 1. The Morgan fingerprint density at radius 3 is 2.52 bits per heavy atom. The quantitative estimate of drug-likeness (QED) is 0.784. The van der Waals surface area contributed by atoms with E-state index in [0.717, 1.165) is 12.8 Å². The first-order valence-electron chi connectivity index (χ1n) is 7.34. The van der Waals surface area contributed by atoms with Crippen LogP contribution in [-0.4, -0.2) is 66.0 Å². The van der Waals surface area contributed by atoms with E-state index in [4.69, 9.17) is 0 Å². The van der Waals surface area contributed by atoms with E-state index in [1.54, 1.807) is 14.1 Å². The molecule has 7 nitrogen and oxygen atoms in total. The van der Waals surface area contributed by atoms with Crippen molar-refractivity contribution in [2.75, 3.05) is 27.2 Å². The van der Waals surface area contributed by atoms with Crippen molar-refractivity contribution in [1.29, 1.82) is 0 Å². The molecule has 1 heterocycles. The summed E-state index contributed by atoms with van der Waals surface area (Å²) < 4.78 is 0. The Labute approximate surface area is 125 Å². The van der Waals surface area contributed by atoms with Gasteiger partial charge < -0.3 is 20.2 Å². The molecule has 120 valence electrons. The zero-order valence-electron chi connectivity index (χ0n) is 13.0. The monoisotopic (exact) mass is 299 g/mol. The molecular weight excluding hydrogens is 274 g/mol. The molecule has 2 unspecified atom stereocenters. The lowest BCUT2D eigenvalue weighted by atomic mass is 9.89.